The lowest BCUT2D eigenvalue weighted by atomic mass is 9.79. The van der Waals surface area contributed by atoms with Crippen LogP contribution in [-0.2, 0) is 13.1 Å². The topological polar surface area (TPSA) is 28.6 Å². The fourth-order valence-corrected chi connectivity index (χ4v) is 4.74. The van der Waals surface area contributed by atoms with Crippen LogP contribution in [-0.4, -0.2) is 48.1 Å². The van der Waals surface area contributed by atoms with Crippen molar-refractivity contribution in [3.63, 3.8) is 0 Å². The standard InChI is InChI=1S/C19H25N3OS/c1-15-20-17(11-24-15)10-21-8-7-19(12-21)13-22(14-19)9-16-3-5-18(23-2)6-4-16/h3-6,11H,7-10,12-14H2,1-2H3. The van der Waals surface area contributed by atoms with Crippen molar-refractivity contribution in [2.24, 2.45) is 5.41 Å². The van der Waals surface area contributed by atoms with Crippen molar-refractivity contribution in [3.05, 3.63) is 45.9 Å². The zero-order chi connectivity index (χ0) is 16.6. The first-order valence-electron chi connectivity index (χ1n) is 8.63. The van der Waals surface area contributed by atoms with E-state index in [1.807, 2.05) is 0 Å². The third-order valence-electron chi connectivity index (χ3n) is 5.25. The Hall–Kier alpha value is -1.43. The molecule has 1 aromatic heterocycles. The maximum Gasteiger partial charge on any atom is 0.118 e. The molecule has 2 saturated heterocycles. The molecule has 1 spiro atoms. The molecule has 0 unspecified atom stereocenters. The van der Waals surface area contributed by atoms with Gasteiger partial charge in [-0.3, -0.25) is 9.80 Å². The number of benzene rings is 1. The van der Waals surface area contributed by atoms with Crippen molar-refractivity contribution in [3.8, 4) is 5.75 Å². The van der Waals surface area contributed by atoms with Crippen molar-refractivity contribution in [2.45, 2.75) is 26.4 Å². The van der Waals surface area contributed by atoms with E-state index in [-0.39, 0.29) is 0 Å². The highest BCUT2D eigenvalue weighted by Gasteiger charge is 2.47. The van der Waals surface area contributed by atoms with Crippen LogP contribution in [0.25, 0.3) is 0 Å². The molecule has 0 bridgehead atoms. The quantitative estimate of drug-likeness (QED) is 0.834. The third-order valence-corrected chi connectivity index (χ3v) is 6.08. The normalized spacial score (nSPS) is 20.4. The lowest BCUT2D eigenvalue weighted by Gasteiger charge is -2.48. The second-order valence-electron chi connectivity index (χ2n) is 7.31. The molecule has 5 heteroatoms. The zero-order valence-corrected chi connectivity index (χ0v) is 15.3. The van der Waals surface area contributed by atoms with E-state index < -0.39 is 0 Å². The van der Waals surface area contributed by atoms with Crippen LogP contribution in [0.15, 0.2) is 29.6 Å². The molecule has 4 rings (SSSR count). The molecule has 3 heterocycles. The maximum absolute atomic E-state index is 5.23. The molecule has 128 valence electrons. The van der Waals surface area contributed by atoms with E-state index in [0.29, 0.717) is 5.41 Å². The highest BCUT2D eigenvalue weighted by atomic mass is 32.1. The van der Waals surface area contributed by atoms with Crippen LogP contribution in [0.4, 0.5) is 0 Å². The average Bonchev–Trinajstić information content (AvgIpc) is 3.15. The summed E-state index contributed by atoms with van der Waals surface area (Å²) in [5, 5.41) is 3.38. The summed E-state index contributed by atoms with van der Waals surface area (Å²) in [5.74, 6) is 0.933. The molecule has 24 heavy (non-hydrogen) atoms. The Balaban J connectivity index is 1.27. The summed E-state index contributed by atoms with van der Waals surface area (Å²) in [4.78, 5) is 9.76. The summed E-state index contributed by atoms with van der Waals surface area (Å²) in [7, 11) is 1.72. The van der Waals surface area contributed by atoms with Gasteiger partial charge in [0.25, 0.3) is 0 Å². The van der Waals surface area contributed by atoms with Gasteiger partial charge in [-0.2, -0.15) is 0 Å². The third kappa shape index (κ3) is 3.34. The number of thiazole rings is 1. The number of methoxy groups -OCH3 is 1. The summed E-state index contributed by atoms with van der Waals surface area (Å²) in [6, 6.07) is 8.46. The van der Waals surface area contributed by atoms with Crippen molar-refractivity contribution >= 4 is 11.3 Å². The summed E-state index contributed by atoms with van der Waals surface area (Å²) < 4.78 is 5.23. The van der Waals surface area contributed by atoms with Crippen LogP contribution >= 0.6 is 11.3 Å². The first-order chi connectivity index (χ1) is 11.6. The summed E-state index contributed by atoms with van der Waals surface area (Å²) >= 11 is 1.76. The molecular weight excluding hydrogens is 318 g/mol. The number of likely N-dealkylation sites (tertiary alicyclic amines) is 2. The zero-order valence-electron chi connectivity index (χ0n) is 14.5. The molecule has 4 nitrogen and oxygen atoms in total. The van der Waals surface area contributed by atoms with Crippen LogP contribution < -0.4 is 4.74 Å². The van der Waals surface area contributed by atoms with E-state index >= 15 is 0 Å². The van der Waals surface area contributed by atoms with Crippen molar-refractivity contribution in [2.75, 3.05) is 33.3 Å². The minimum Gasteiger partial charge on any atom is -0.497 e. The predicted octanol–water partition coefficient (Wildman–Crippen LogP) is 3.17. The fraction of sp³-hybridized carbons (Fsp3) is 0.526. The summed E-state index contributed by atoms with van der Waals surface area (Å²) in [6.07, 6.45) is 1.33. The second kappa shape index (κ2) is 6.47. The molecule has 1 aromatic carbocycles. The minimum atomic E-state index is 0.525. The van der Waals surface area contributed by atoms with Crippen molar-refractivity contribution in [1.82, 2.24) is 14.8 Å². The van der Waals surface area contributed by atoms with Crippen LogP contribution in [0.2, 0.25) is 0 Å². The molecule has 2 fully saturated rings. The molecule has 0 radical (unpaired) electrons. The lowest BCUT2D eigenvalue weighted by molar-refractivity contribution is 0.00153. The van der Waals surface area contributed by atoms with Gasteiger partial charge < -0.3 is 4.74 Å². The number of ether oxygens (including phenoxy) is 1. The first-order valence-corrected chi connectivity index (χ1v) is 9.51. The highest BCUT2D eigenvalue weighted by molar-refractivity contribution is 7.09. The molecule has 0 atom stereocenters. The molecule has 0 N–H and O–H groups in total. The SMILES string of the molecule is COc1ccc(CN2CC3(CCN(Cc4csc(C)n4)C3)C2)cc1. The van der Waals surface area contributed by atoms with Gasteiger partial charge in [-0.1, -0.05) is 12.1 Å². The Morgan fingerprint density at radius 1 is 1.12 bits per heavy atom. The van der Waals surface area contributed by atoms with Gasteiger partial charge in [-0.25, -0.2) is 4.98 Å². The second-order valence-corrected chi connectivity index (χ2v) is 8.37. The van der Waals surface area contributed by atoms with E-state index in [9.17, 15) is 0 Å². The molecule has 0 amide bonds. The summed E-state index contributed by atoms with van der Waals surface area (Å²) in [5.41, 5.74) is 3.14. The lowest BCUT2D eigenvalue weighted by Crippen LogP contribution is -2.56. The van der Waals surface area contributed by atoms with E-state index in [2.05, 4.69) is 51.4 Å². The average molecular weight is 343 g/mol. The van der Waals surface area contributed by atoms with Gasteiger partial charge in [-0.15, -0.1) is 11.3 Å². The Labute approximate surface area is 148 Å². The number of aromatic nitrogens is 1. The smallest absolute Gasteiger partial charge is 0.118 e. The molecule has 0 saturated carbocycles. The Morgan fingerprint density at radius 3 is 2.54 bits per heavy atom. The number of nitrogens with zero attached hydrogens (tertiary/aromatic N) is 3. The van der Waals surface area contributed by atoms with Gasteiger partial charge in [0, 0.05) is 43.5 Å². The van der Waals surface area contributed by atoms with Crippen LogP contribution in [0.5, 0.6) is 5.75 Å². The molecule has 2 aromatic rings. The maximum atomic E-state index is 5.23. The molecular formula is C19H25N3OS. The van der Waals surface area contributed by atoms with E-state index in [0.717, 1.165) is 18.8 Å². The van der Waals surface area contributed by atoms with E-state index in [1.54, 1.807) is 18.4 Å². The molecule has 2 aliphatic heterocycles. The van der Waals surface area contributed by atoms with Gasteiger partial charge in [0.1, 0.15) is 5.75 Å². The minimum absolute atomic E-state index is 0.525. The van der Waals surface area contributed by atoms with Gasteiger partial charge >= 0.3 is 0 Å². The van der Waals surface area contributed by atoms with Crippen LogP contribution in [0.1, 0.15) is 22.7 Å². The summed E-state index contributed by atoms with van der Waals surface area (Å²) in [6.45, 7) is 9.05. The number of aryl methyl sites for hydroxylation is 1. The Morgan fingerprint density at radius 2 is 1.88 bits per heavy atom. The number of hydrogen-bond acceptors (Lipinski definition) is 5. The number of hydrogen-bond donors (Lipinski definition) is 0. The predicted molar refractivity (Wildman–Crippen MR) is 97.4 cm³/mol. The molecule has 2 aliphatic rings. The van der Waals surface area contributed by atoms with Gasteiger partial charge in [0.05, 0.1) is 17.8 Å². The van der Waals surface area contributed by atoms with Crippen molar-refractivity contribution < 1.29 is 4.74 Å². The van der Waals surface area contributed by atoms with E-state index in [4.69, 9.17) is 4.74 Å². The van der Waals surface area contributed by atoms with E-state index in [1.165, 1.54) is 48.9 Å². The van der Waals surface area contributed by atoms with Gasteiger partial charge in [-0.05, 0) is 37.6 Å². The van der Waals surface area contributed by atoms with Gasteiger partial charge in [0.15, 0.2) is 0 Å². The Bertz CT molecular complexity index is 691. The van der Waals surface area contributed by atoms with Crippen LogP contribution in [0, 0.1) is 12.3 Å². The Kier molecular flexibility index (Phi) is 4.33. The monoisotopic (exact) mass is 343 g/mol. The fourth-order valence-electron chi connectivity index (χ4n) is 4.13. The van der Waals surface area contributed by atoms with Crippen molar-refractivity contribution in [1.29, 1.82) is 0 Å². The largest absolute Gasteiger partial charge is 0.497 e. The first kappa shape index (κ1) is 16.1. The highest BCUT2D eigenvalue weighted by Crippen LogP contribution is 2.40. The molecule has 0 aliphatic carbocycles. The van der Waals surface area contributed by atoms with Crippen LogP contribution in [0.3, 0.4) is 0 Å². The van der Waals surface area contributed by atoms with Gasteiger partial charge in [0.2, 0.25) is 0 Å². The number of rotatable bonds is 5.